The monoisotopic (exact) mass is 341 g/mol. The normalized spacial score (nSPS) is 18.9. The lowest BCUT2D eigenvalue weighted by atomic mass is 9.97. The van der Waals surface area contributed by atoms with Crippen LogP contribution in [0.5, 0.6) is 0 Å². The zero-order valence-corrected chi connectivity index (χ0v) is 13.4. The minimum atomic E-state index is -4.44. The highest BCUT2D eigenvalue weighted by atomic mass is 19.4. The second-order valence-corrected chi connectivity index (χ2v) is 6.06. The van der Waals surface area contributed by atoms with Gasteiger partial charge in [0.1, 0.15) is 17.2 Å². The number of carbonyl (C=O) groups is 1. The number of rotatable bonds is 2. The maximum absolute atomic E-state index is 12.7. The number of hydrogen-bond acceptors (Lipinski definition) is 3. The van der Waals surface area contributed by atoms with E-state index in [1.807, 2.05) is 0 Å². The number of aryl methyl sites for hydroxylation is 2. The van der Waals surface area contributed by atoms with Gasteiger partial charge in [0.15, 0.2) is 0 Å². The molecule has 1 aliphatic heterocycles. The summed E-state index contributed by atoms with van der Waals surface area (Å²) < 4.78 is 39.6. The first-order valence-electron chi connectivity index (χ1n) is 7.67. The Bertz CT molecular complexity index is 749. The largest absolute Gasteiger partial charge is 0.432 e. The van der Waals surface area contributed by atoms with Crippen LogP contribution in [-0.2, 0) is 13.2 Å². The molecular weight excluding hydrogens is 323 g/mol. The molecular formula is C15H18F3N5O. The summed E-state index contributed by atoms with van der Waals surface area (Å²) in [5, 5.41) is 4.16. The number of nitrogens with one attached hydrogen (secondary N) is 1. The molecule has 1 saturated heterocycles. The number of hydrogen-bond donors (Lipinski definition) is 1. The van der Waals surface area contributed by atoms with Gasteiger partial charge in [-0.1, -0.05) is 0 Å². The smallest absolute Gasteiger partial charge is 0.338 e. The number of nitrogens with zero attached hydrogens (tertiary/aromatic N) is 4. The molecule has 0 saturated carbocycles. The molecule has 3 rings (SSSR count). The minimum Gasteiger partial charge on any atom is -0.338 e. The molecule has 1 fully saturated rings. The predicted molar refractivity (Wildman–Crippen MR) is 79.4 cm³/mol. The van der Waals surface area contributed by atoms with Crippen molar-refractivity contribution in [1.29, 1.82) is 0 Å². The average molecular weight is 341 g/mol. The third-order valence-electron chi connectivity index (χ3n) is 4.22. The van der Waals surface area contributed by atoms with Crippen LogP contribution in [0.4, 0.5) is 13.2 Å². The Morgan fingerprint density at radius 1 is 1.42 bits per heavy atom. The van der Waals surface area contributed by atoms with Crippen LogP contribution in [0.3, 0.4) is 0 Å². The first-order valence-corrected chi connectivity index (χ1v) is 7.67. The van der Waals surface area contributed by atoms with Crippen molar-refractivity contribution in [3.8, 4) is 0 Å². The highest BCUT2D eigenvalue weighted by Crippen LogP contribution is 2.31. The number of aromatic amines is 1. The molecule has 3 heterocycles. The van der Waals surface area contributed by atoms with E-state index in [0.717, 1.165) is 18.3 Å². The van der Waals surface area contributed by atoms with Crippen LogP contribution in [-0.4, -0.2) is 43.6 Å². The second kappa shape index (κ2) is 5.95. The fourth-order valence-electron chi connectivity index (χ4n) is 3.05. The van der Waals surface area contributed by atoms with Gasteiger partial charge in [-0.3, -0.25) is 9.48 Å². The van der Waals surface area contributed by atoms with Gasteiger partial charge in [0.05, 0.1) is 11.9 Å². The number of alkyl halides is 3. The van der Waals surface area contributed by atoms with Gasteiger partial charge in [-0.15, -0.1) is 0 Å². The summed E-state index contributed by atoms with van der Waals surface area (Å²) in [6.07, 6.45) is -2.23. The molecule has 0 aromatic carbocycles. The number of piperidine rings is 1. The third-order valence-corrected chi connectivity index (χ3v) is 4.22. The molecule has 1 aliphatic rings. The fourth-order valence-corrected chi connectivity index (χ4v) is 3.05. The quantitative estimate of drug-likeness (QED) is 0.913. The van der Waals surface area contributed by atoms with Gasteiger partial charge in [0.2, 0.25) is 0 Å². The number of imidazole rings is 1. The third kappa shape index (κ3) is 3.15. The number of halogens is 3. The summed E-state index contributed by atoms with van der Waals surface area (Å²) in [5.74, 6) is -0.112. The molecule has 130 valence electrons. The maximum Gasteiger partial charge on any atom is 0.432 e. The van der Waals surface area contributed by atoms with Crippen molar-refractivity contribution in [3.63, 3.8) is 0 Å². The van der Waals surface area contributed by atoms with Gasteiger partial charge in [0.25, 0.3) is 5.91 Å². The van der Waals surface area contributed by atoms with Crippen LogP contribution in [0.1, 0.15) is 46.5 Å². The molecule has 24 heavy (non-hydrogen) atoms. The van der Waals surface area contributed by atoms with Gasteiger partial charge in [-0.25, -0.2) is 4.98 Å². The lowest BCUT2D eigenvalue weighted by molar-refractivity contribution is -0.141. The van der Waals surface area contributed by atoms with Crippen LogP contribution in [0.25, 0.3) is 0 Å². The topological polar surface area (TPSA) is 66.8 Å². The molecule has 2 aromatic heterocycles. The number of amides is 1. The van der Waals surface area contributed by atoms with Crippen LogP contribution < -0.4 is 0 Å². The Labute approximate surface area is 136 Å². The molecule has 1 N–H and O–H groups in total. The molecule has 1 atom stereocenters. The van der Waals surface area contributed by atoms with Gasteiger partial charge < -0.3 is 9.88 Å². The maximum atomic E-state index is 12.7. The van der Waals surface area contributed by atoms with E-state index in [0.29, 0.717) is 25.2 Å². The van der Waals surface area contributed by atoms with E-state index >= 15 is 0 Å². The Balaban J connectivity index is 1.76. The first-order chi connectivity index (χ1) is 11.3. The molecule has 1 amide bonds. The molecule has 6 nitrogen and oxygen atoms in total. The number of likely N-dealkylation sites (tertiary alicyclic amines) is 1. The summed E-state index contributed by atoms with van der Waals surface area (Å²) in [6.45, 7) is 2.72. The van der Waals surface area contributed by atoms with Gasteiger partial charge in [-0.05, 0) is 25.8 Å². The van der Waals surface area contributed by atoms with Crippen LogP contribution >= 0.6 is 0 Å². The van der Waals surface area contributed by atoms with Crippen molar-refractivity contribution in [2.75, 3.05) is 13.1 Å². The average Bonchev–Trinajstić information content (AvgIpc) is 3.13. The van der Waals surface area contributed by atoms with E-state index in [4.69, 9.17) is 0 Å². The zero-order chi connectivity index (χ0) is 17.5. The van der Waals surface area contributed by atoms with E-state index in [-0.39, 0.29) is 17.6 Å². The van der Waals surface area contributed by atoms with Crippen LogP contribution in [0, 0.1) is 6.92 Å². The second-order valence-electron chi connectivity index (χ2n) is 6.06. The van der Waals surface area contributed by atoms with Crippen molar-refractivity contribution in [2.45, 2.75) is 31.9 Å². The fraction of sp³-hybridized carbons (Fsp3) is 0.533. The van der Waals surface area contributed by atoms with E-state index < -0.39 is 11.9 Å². The van der Waals surface area contributed by atoms with E-state index in [2.05, 4.69) is 15.1 Å². The van der Waals surface area contributed by atoms with Gasteiger partial charge >= 0.3 is 6.18 Å². The number of aromatic nitrogens is 4. The SMILES string of the molecule is Cc1cc(C(=O)N2CCC[C@@H](c3ncc(C(F)(F)F)[nH]3)C2)n(C)n1. The number of carbonyl (C=O) groups excluding carboxylic acids is 1. The zero-order valence-electron chi connectivity index (χ0n) is 13.4. The van der Waals surface area contributed by atoms with Crippen LogP contribution in [0.15, 0.2) is 12.3 Å². The summed E-state index contributed by atoms with van der Waals surface area (Å²) in [4.78, 5) is 20.5. The van der Waals surface area contributed by atoms with Crippen molar-refractivity contribution >= 4 is 5.91 Å². The highest BCUT2D eigenvalue weighted by Gasteiger charge is 2.35. The summed E-state index contributed by atoms with van der Waals surface area (Å²) in [7, 11) is 1.70. The lowest BCUT2D eigenvalue weighted by Gasteiger charge is -2.31. The summed E-state index contributed by atoms with van der Waals surface area (Å²) in [6, 6.07) is 1.71. The minimum absolute atomic E-state index is 0.162. The molecule has 0 spiro atoms. The van der Waals surface area contributed by atoms with Crippen molar-refractivity contribution in [2.24, 2.45) is 7.05 Å². The highest BCUT2D eigenvalue weighted by molar-refractivity contribution is 5.92. The Kier molecular flexibility index (Phi) is 4.10. The molecule has 0 aliphatic carbocycles. The Morgan fingerprint density at radius 3 is 2.75 bits per heavy atom. The van der Waals surface area contributed by atoms with E-state index in [1.54, 1.807) is 24.9 Å². The van der Waals surface area contributed by atoms with E-state index in [9.17, 15) is 18.0 Å². The molecule has 0 bridgehead atoms. The first kappa shape index (κ1) is 16.5. The molecule has 0 radical (unpaired) electrons. The predicted octanol–water partition coefficient (Wildman–Crippen LogP) is 2.49. The lowest BCUT2D eigenvalue weighted by Crippen LogP contribution is -2.40. The standard InChI is InChI=1S/C15H18F3N5O/c1-9-6-11(22(2)21-9)14(24)23-5-3-4-10(8-23)13-19-7-12(20-13)15(16,17)18/h6-7,10H,3-5,8H2,1-2H3,(H,19,20)/t10-/m1/s1. The summed E-state index contributed by atoms with van der Waals surface area (Å²) in [5.41, 5.74) is 0.363. The Morgan fingerprint density at radius 2 is 2.17 bits per heavy atom. The van der Waals surface area contributed by atoms with Crippen molar-refractivity contribution < 1.29 is 18.0 Å². The van der Waals surface area contributed by atoms with Gasteiger partial charge in [0, 0.05) is 26.1 Å². The molecule has 2 aromatic rings. The van der Waals surface area contributed by atoms with Crippen molar-refractivity contribution in [1.82, 2.24) is 24.6 Å². The molecule has 0 unspecified atom stereocenters. The Hall–Kier alpha value is -2.32. The summed E-state index contributed by atoms with van der Waals surface area (Å²) >= 11 is 0. The molecule has 9 heteroatoms. The van der Waals surface area contributed by atoms with E-state index in [1.165, 1.54) is 4.68 Å². The van der Waals surface area contributed by atoms with Crippen molar-refractivity contribution in [3.05, 3.63) is 35.2 Å². The number of H-pyrrole nitrogens is 1. The van der Waals surface area contributed by atoms with Crippen LogP contribution in [0.2, 0.25) is 0 Å². The van der Waals surface area contributed by atoms with Gasteiger partial charge in [-0.2, -0.15) is 18.3 Å².